The lowest BCUT2D eigenvalue weighted by atomic mass is 9.49. The number of methoxy groups -OCH3 is 1. The molecule has 7 nitrogen and oxygen atoms in total. The predicted molar refractivity (Wildman–Crippen MR) is 120 cm³/mol. The molecule has 1 aromatic rings. The van der Waals surface area contributed by atoms with Gasteiger partial charge in [-0.05, 0) is 81.3 Å². The van der Waals surface area contributed by atoms with E-state index in [1.54, 1.807) is 0 Å². The molecule has 176 valence electrons. The van der Waals surface area contributed by atoms with Gasteiger partial charge in [-0.3, -0.25) is 4.79 Å². The van der Waals surface area contributed by atoms with Crippen molar-refractivity contribution in [2.75, 3.05) is 20.2 Å². The van der Waals surface area contributed by atoms with Gasteiger partial charge in [0.1, 0.15) is 0 Å². The van der Waals surface area contributed by atoms with E-state index >= 15 is 0 Å². The number of amides is 1. The number of sulfonamides is 1. The van der Waals surface area contributed by atoms with Crippen LogP contribution in [0.1, 0.15) is 57.8 Å². The highest BCUT2D eigenvalue weighted by atomic mass is 32.2. The van der Waals surface area contributed by atoms with Crippen molar-refractivity contribution in [1.29, 1.82) is 0 Å². The first kappa shape index (κ1) is 22.0. The average Bonchev–Trinajstić information content (AvgIpc) is 2.77. The van der Waals surface area contributed by atoms with E-state index in [4.69, 9.17) is 4.74 Å². The SMILES string of the molecule is COc1cc(S(=O)(=O)N2CCCCC2CNC(=O)C23CC4CC(CC(C4)C2)C3)ccc1O. The van der Waals surface area contributed by atoms with E-state index in [1.165, 1.54) is 48.9 Å². The lowest BCUT2D eigenvalue weighted by Crippen LogP contribution is -2.56. The van der Waals surface area contributed by atoms with Crippen LogP contribution in [0.3, 0.4) is 0 Å². The van der Waals surface area contributed by atoms with Gasteiger partial charge in [-0.2, -0.15) is 4.31 Å². The van der Waals surface area contributed by atoms with Gasteiger partial charge >= 0.3 is 0 Å². The van der Waals surface area contributed by atoms with Gasteiger partial charge in [-0.15, -0.1) is 0 Å². The fourth-order valence-electron chi connectivity index (χ4n) is 7.24. The summed E-state index contributed by atoms with van der Waals surface area (Å²) in [6.45, 7) is 0.790. The van der Waals surface area contributed by atoms with Crippen LogP contribution in [0.5, 0.6) is 11.5 Å². The van der Waals surface area contributed by atoms with Crippen LogP contribution >= 0.6 is 0 Å². The number of hydrogen-bond acceptors (Lipinski definition) is 5. The molecule has 0 aromatic heterocycles. The molecule has 8 heteroatoms. The number of carbonyl (C=O) groups is 1. The Morgan fingerprint density at radius 2 is 1.81 bits per heavy atom. The summed E-state index contributed by atoms with van der Waals surface area (Å²) >= 11 is 0. The zero-order valence-corrected chi connectivity index (χ0v) is 19.6. The first-order valence-electron chi connectivity index (χ1n) is 12.0. The topological polar surface area (TPSA) is 95.9 Å². The molecule has 0 radical (unpaired) electrons. The van der Waals surface area contributed by atoms with Crippen LogP contribution < -0.4 is 10.1 Å². The van der Waals surface area contributed by atoms with Gasteiger partial charge in [0.2, 0.25) is 15.9 Å². The lowest BCUT2D eigenvalue weighted by molar-refractivity contribution is -0.146. The smallest absolute Gasteiger partial charge is 0.243 e. The molecule has 0 spiro atoms. The van der Waals surface area contributed by atoms with Crippen molar-refractivity contribution >= 4 is 15.9 Å². The molecule has 4 saturated carbocycles. The number of phenolic OH excluding ortho intramolecular Hbond substituents is 1. The summed E-state index contributed by atoms with van der Waals surface area (Å²) in [5.41, 5.74) is -0.225. The van der Waals surface area contributed by atoms with E-state index in [2.05, 4.69) is 5.32 Å². The fraction of sp³-hybridized carbons (Fsp3) is 0.708. The van der Waals surface area contributed by atoms with Gasteiger partial charge in [0, 0.05) is 30.6 Å². The second-order valence-corrected chi connectivity index (χ2v) is 12.4. The second-order valence-electron chi connectivity index (χ2n) is 10.5. The Kier molecular flexibility index (Phi) is 5.64. The number of benzene rings is 1. The Bertz CT molecular complexity index is 957. The summed E-state index contributed by atoms with van der Waals surface area (Å²) in [4.78, 5) is 13.5. The van der Waals surface area contributed by atoms with Crippen LogP contribution in [-0.4, -0.2) is 50.0 Å². The molecule has 6 rings (SSSR count). The van der Waals surface area contributed by atoms with Gasteiger partial charge in [0.25, 0.3) is 0 Å². The van der Waals surface area contributed by atoms with Gasteiger partial charge < -0.3 is 15.2 Å². The van der Waals surface area contributed by atoms with Crippen LogP contribution in [0.25, 0.3) is 0 Å². The maximum Gasteiger partial charge on any atom is 0.243 e. The standard InChI is InChI=1S/C24H34N2O5S/c1-31-22-11-20(5-6-21(22)27)32(29,30)26-7-3-2-4-19(26)15-25-23(28)24-12-16-8-17(13-24)10-18(9-16)14-24/h5-6,11,16-19,27H,2-4,7-10,12-15H2,1H3,(H,25,28). The minimum atomic E-state index is -3.76. The average molecular weight is 463 g/mol. The third-order valence-corrected chi connectivity index (χ3v) is 10.3. The Morgan fingerprint density at radius 3 is 2.44 bits per heavy atom. The van der Waals surface area contributed by atoms with Crippen LogP contribution in [0, 0.1) is 23.2 Å². The molecule has 1 aliphatic heterocycles. The molecule has 5 aliphatic rings. The Balaban J connectivity index is 1.30. The highest BCUT2D eigenvalue weighted by molar-refractivity contribution is 7.89. The van der Waals surface area contributed by atoms with Crippen molar-refractivity contribution in [3.8, 4) is 11.5 Å². The predicted octanol–water partition coefficient (Wildman–Crippen LogP) is 3.28. The first-order valence-corrected chi connectivity index (χ1v) is 13.4. The molecule has 4 aliphatic carbocycles. The molecule has 4 bridgehead atoms. The summed E-state index contributed by atoms with van der Waals surface area (Å²) in [7, 11) is -2.36. The molecular formula is C24H34N2O5S. The van der Waals surface area contributed by atoms with E-state index < -0.39 is 10.0 Å². The maximum absolute atomic E-state index is 13.4. The minimum Gasteiger partial charge on any atom is -0.504 e. The number of rotatable bonds is 6. The normalized spacial score (nSPS) is 34.4. The molecule has 1 amide bonds. The van der Waals surface area contributed by atoms with Crippen molar-refractivity contribution in [3.63, 3.8) is 0 Å². The van der Waals surface area contributed by atoms with Crippen LogP contribution in [0.4, 0.5) is 0 Å². The van der Waals surface area contributed by atoms with Crippen molar-refractivity contribution < 1.29 is 23.1 Å². The lowest BCUT2D eigenvalue weighted by Gasteiger charge is -2.55. The van der Waals surface area contributed by atoms with Crippen molar-refractivity contribution in [1.82, 2.24) is 9.62 Å². The summed E-state index contributed by atoms with van der Waals surface area (Å²) < 4.78 is 33.5. The molecule has 1 unspecified atom stereocenters. The van der Waals surface area contributed by atoms with E-state index in [-0.39, 0.29) is 33.8 Å². The number of piperidine rings is 1. The fourth-order valence-corrected chi connectivity index (χ4v) is 8.94. The van der Waals surface area contributed by atoms with Gasteiger partial charge in [-0.25, -0.2) is 8.42 Å². The Labute approximate surface area is 190 Å². The monoisotopic (exact) mass is 462 g/mol. The minimum absolute atomic E-state index is 0.0931. The molecule has 32 heavy (non-hydrogen) atoms. The third-order valence-electron chi connectivity index (χ3n) is 8.35. The molecule has 2 N–H and O–H groups in total. The number of carbonyl (C=O) groups excluding carboxylic acids is 1. The number of hydrogen-bond donors (Lipinski definition) is 2. The van der Waals surface area contributed by atoms with Crippen LogP contribution in [0.15, 0.2) is 23.1 Å². The quantitative estimate of drug-likeness (QED) is 0.676. The Hall–Kier alpha value is -1.80. The van der Waals surface area contributed by atoms with Gasteiger partial charge in [0.15, 0.2) is 11.5 Å². The number of nitrogens with one attached hydrogen (secondary N) is 1. The van der Waals surface area contributed by atoms with E-state index in [1.807, 2.05) is 0 Å². The number of phenols is 1. The molecule has 1 aromatic carbocycles. The molecule has 1 heterocycles. The van der Waals surface area contributed by atoms with Gasteiger partial charge in [0.05, 0.1) is 12.0 Å². The van der Waals surface area contributed by atoms with Crippen molar-refractivity contribution in [2.24, 2.45) is 23.2 Å². The highest BCUT2D eigenvalue weighted by Gasteiger charge is 2.54. The summed E-state index contributed by atoms with van der Waals surface area (Å²) in [5.74, 6) is 2.28. The van der Waals surface area contributed by atoms with E-state index in [9.17, 15) is 18.3 Å². The van der Waals surface area contributed by atoms with Gasteiger partial charge in [-0.1, -0.05) is 6.42 Å². The number of nitrogens with zero attached hydrogens (tertiary/aromatic N) is 1. The van der Waals surface area contributed by atoms with E-state index in [0.717, 1.165) is 38.5 Å². The van der Waals surface area contributed by atoms with E-state index in [0.29, 0.717) is 30.8 Å². The van der Waals surface area contributed by atoms with Crippen LogP contribution in [-0.2, 0) is 14.8 Å². The maximum atomic E-state index is 13.4. The highest BCUT2D eigenvalue weighted by Crippen LogP contribution is 2.60. The number of ether oxygens (including phenoxy) is 1. The largest absolute Gasteiger partial charge is 0.504 e. The molecule has 1 atom stereocenters. The number of aromatic hydroxyl groups is 1. The third kappa shape index (κ3) is 3.79. The zero-order chi connectivity index (χ0) is 22.5. The summed E-state index contributed by atoms with van der Waals surface area (Å²) in [6.07, 6.45) is 9.36. The van der Waals surface area contributed by atoms with Crippen molar-refractivity contribution in [3.05, 3.63) is 18.2 Å². The summed E-state index contributed by atoms with van der Waals surface area (Å²) in [5, 5.41) is 13.0. The Morgan fingerprint density at radius 1 is 1.16 bits per heavy atom. The zero-order valence-electron chi connectivity index (χ0n) is 18.8. The first-order chi connectivity index (χ1) is 15.3. The second kappa shape index (κ2) is 8.20. The van der Waals surface area contributed by atoms with Crippen molar-refractivity contribution in [2.45, 2.75) is 68.7 Å². The van der Waals surface area contributed by atoms with Crippen LogP contribution in [0.2, 0.25) is 0 Å². The summed E-state index contributed by atoms with van der Waals surface area (Å²) in [6, 6.07) is 3.86. The molecular weight excluding hydrogens is 428 g/mol. The molecule has 1 saturated heterocycles. The molecule has 5 fully saturated rings.